The number of rotatable bonds is 3. The van der Waals surface area contributed by atoms with Crippen LogP contribution in [0.3, 0.4) is 0 Å². The van der Waals surface area contributed by atoms with E-state index in [0.29, 0.717) is 16.5 Å². The van der Waals surface area contributed by atoms with E-state index in [1.165, 1.54) is 6.20 Å². The second kappa shape index (κ2) is 5.41. The molecule has 3 rings (SSSR count). The zero-order valence-corrected chi connectivity index (χ0v) is 11.9. The standard InChI is InChI=1S/C18H13NO3/c1-11-7-8-15-13(9-11)16(18(21)22)14(10-19-15)17(20)12-5-3-2-4-6-12/h2-10H,1H3,(H,21,22). The van der Waals surface area contributed by atoms with E-state index in [2.05, 4.69) is 4.98 Å². The van der Waals surface area contributed by atoms with Gasteiger partial charge in [-0.25, -0.2) is 4.79 Å². The van der Waals surface area contributed by atoms with E-state index in [9.17, 15) is 14.7 Å². The molecule has 0 saturated carbocycles. The quantitative estimate of drug-likeness (QED) is 0.750. The maximum absolute atomic E-state index is 12.6. The van der Waals surface area contributed by atoms with E-state index in [-0.39, 0.29) is 16.9 Å². The SMILES string of the molecule is Cc1ccc2ncc(C(=O)c3ccccc3)c(C(=O)O)c2c1. The number of fused-ring (bicyclic) bond motifs is 1. The minimum absolute atomic E-state index is 0.00236. The highest BCUT2D eigenvalue weighted by molar-refractivity contribution is 6.18. The lowest BCUT2D eigenvalue weighted by Gasteiger charge is -2.09. The predicted molar refractivity (Wildman–Crippen MR) is 83.3 cm³/mol. The van der Waals surface area contributed by atoms with Gasteiger partial charge in [0, 0.05) is 17.1 Å². The number of carboxylic acids is 1. The Kier molecular flexibility index (Phi) is 3.43. The van der Waals surface area contributed by atoms with Crippen LogP contribution >= 0.6 is 0 Å². The number of ketones is 1. The second-order valence-corrected chi connectivity index (χ2v) is 5.07. The van der Waals surface area contributed by atoms with Crippen LogP contribution in [0.4, 0.5) is 0 Å². The molecule has 0 bridgehead atoms. The molecule has 0 atom stereocenters. The van der Waals surface area contributed by atoms with Gasteiger partial charge in [0.25, 0.3) is 0 Å². The summed E-state index contributed by atoms with van der Waals surface area (Å²) in [6.45, 7) is 1.87. The molecule has 0 unspecified atom stereocenters. The number of carboxylic acid groups (broad SMARTS) is 1. The van der Waals surface area contributed by atoms with Gasteiger partial charge in [0.2, 0.25) is 0 Å². The Balaban J connectivity index is 2.28. The van der Waals surface area contributed by atoms with Crippen molar-refractivity contribution in [1.29, 1.82) is 0 Å². The van der Waals surface area contributed by atoms with Crippen LogP contribution in [0, 0.1) is 6.92 Å². The zero-order chi connectivity index (χ0) is 15.7. The Bertz CT molecular complexity index is 885. The molecule has 0 aliphatic rings. The van der Waals surface area contributed by atoms with Crippen molar-refractivity contribution in [3.8, 4) is 0 Å². The van der Waals surface area contributed by atoms with Crippen LogP contribution < -0.4 is 0 Å². The summed E-state index contributed by atoms with van der Waals surface area (Å²) in [6, 6.07) is 14.0. The lowest BCUT2D eigenvalue weighted by Crippen LogP contribution is -2.11. The van der Waals surface area contributed by atoms with E-state index >= 15 is 0 Å². The average Bonchev–Trinajstić information content (AvgIpc) is 2.53. The largest absolute Gasteiger partial charge is 0.478 e. The van der Waals surface area contributed by atoms with Crippen molar-refractivity contribution in [2.45, 2.75) is 6.92 Å². The van der Waals surface area contributed by atoms with Gasteiger partial charge in [0.1, 0.15) is 0 Å². The van der Waals surface area contributed by atoms with Crippen LogP contribution in [0.15, 0.2) is 54.7 Å². The fraction of sp³-hybridized carbons (Fsp3) is 0.0556. The maximum Gasteiger partial charge on any atom is 0.337 e. The fourth-order valence-corrected chi connectivity index (χ4v) is 2.45. The van der Waals surface area contributed by atoms with Crippen LogP contribution in [-0.2, 0) is 0 Å². The summed E-state index contributed by atoms with van der Waals surface area (Å²) in [5.41, 5.74) is 2.03. The van der Waals surface area contributed by atoms with Gasteiger partial charge < -0.3 is 5.11 Å². The van der Waals surface area contributed by atoms with Crippen molar-refractivity contribution in [2.24, 2.45) is 0 Å². The molecule has 1 N–H and O–H groups in total. The van der Waals surface area contributed by atoms with Gasteiger partial charge in [0.05, 0.1) is 16.6 Å². The Morgan fingerprint density at radius 1 is 1.05 bits per heavy atom. The Labute approximate surface area is 127 Å². The summed E-state index contributed by atoms with van der Waals surface area (Å²) in [5.74, 6) is -1.47. The van der Waals surface area contributed by atoms with Gasteiger partial charge in [0.15, 0.2) is 5.78 Å². The summed E-state index contributed by atoms with van der Waals surface area (Å²) < 4.78 is 0. The molecule has 0 saturated heterocycles. The topological polar surface area (TPSA) is 67.3 Å². The summed E-state index contributed by atoms with van der Waals surface area (Å²) in [4.78, 5) is 28.5. The van der Waals surface area contributed by atoms with Gasteiger partial charge in [-0.3, -0.25) is 9.78 Å². The van der Waals surface area contributed by atoms with Crippen molar-refractivity contribution >= 4 is 22.7 Å². The van der Waals surface area contributed by atoms with Gasteiger partial charge >= 0.3 is 5.97 Å². The summed E-state index contributed by atoms with van der Waals surface area (Å²) in [6.07, 6.45) is 1.34. The number of aromatic nitrogens is 1. The number of aryl methyl sites for hydroxylation is 1. The molecule has 4 nitrogen and oxygen atoms in total. The first-order valence-electron chi connectivity index (χ1n) is 6.80. The number of nitrogens with zero attached hydrogens (tertiary/aromatic N) is 1. The minimum Gasteiger partial charge on any atom is -0.478 e. The number of pyridine rings is 1. The van der Waals surface area contributed by atoms with Gasteiger partial charge in [-0.1, -0.05) is 42.0 Å². The average molecular weight is 291 g/mol. The highest BCUT2D eigenvalue weighted by atomic mass is 16.4. The third kappa shape index (κ3) is 2.35. The lowest BCUT2D eigenvalue weighted by molar-refractivity contribution is 0.0695. The van der Waals surface area contributed by atoms with E-state index in [1.807, 2.05) is 13.0 Å². The third-order valence-corrected chi connectivity index (χ3v) is 3.52. The molecule has 1 heterocycles. The van der Waals surface area contributed by atoms with Crippen molar-refractivity contribution in [2.75, 3.05) is 0 Å². The van der Waals surface area contributed by atoms with Crippen molar-refractivity contribution < 1.29 is 14.7 Å². The summed E-state index contributed by atoms with van der Waals surface area (Å²) >= 11 is 0. The Hall–Kier alpha value is -3.01. The molecular weight excluding hydrogens is 278 g/mol. The first-order chi connectivity index (χ1) is 10.6. The van der Waals surface area contributed by atoms with Crippen molar-refractivity contribution in [3.05, 3.63) is 77.0 Å². The molecule has 3 aromatic rings. The van der Waals surface area contributed by atoms with Gasteiger partial charge in [-0.05, 0) is 19.1 Å². The molecule has 4 heteroatoms. The number of aromatic carboxylic acids is 1. The number of hydrogen-bond donors (Lipinski definition) is 1. The second-order valence-electron chi connectivity index (χ2n) is 5.07. The first kappa shape index (κ1) is 13.9. The smallest absolute Gasteiger partial charge is 0.337 e. The molecule has 2 aromatic carbocycles. The van der Waals surface area contributed by atoms with Crippen LogP contribution in [0.1, 0.15) is 31.8 Å². The molecule has 22 heavy (non-hydrogen) atoms. The van der Waals surface area contributed by atoms with Crippen molar-refractivity contribution in [3.63, 3.8) is 0 Å². The zero-order valence-electron chi connectivity index (χ0n) is 11.9. The van der Waals surface area contributed by atoms with E-state index in [1.54, 1.807) is 42.5 Å². The highest BCUT2D eigenvalue weighted by Gasteiger charge is 2.21. The summed E-state index contributed by atoms with van der Waals surface area (Å²) in [7, 11) is 0. The number of carbonyl (C=O) groups excluding carboxylic acids is 1. The molecule has 0 aliphatic heterocycles. The molecule has 0 aliphatic carbocycles. The minimum atomic E-state index is -1.13. The maximum atomic E-state index is 12.6. The van der Waals surface area contributed by atoms with Crippen molar-refractivity contribution in [1.82, 2.24) is 4.98 Å². The van der Waals surface area contributed by atoms with Crippen LogP contribution in [0.2, 0.25) is 0 Å². The number of benzene rings is 2. The first-order valence-corrected chi connectivity index (χ1v) is 6.80. The molecule has 108 valence electrons. The Morgan fingerprint density at radius 2 is 1.77 bits per heavy atom. The van der Waals surface area contributed by atoms with Gasteiger partial charge in [-0.15, -0.1) is 0 Å². The normalized spacial score (nSPS) is 10.6. The van der Waals surface area contributed by atoms with Crippen LogP contribution in [0.25, 0.3) is 10.9 Å². The van der Waals surface area contributed by atoms with E-state index in [4.69, 9.17) is 0 Å². The molecule has 0 radical (unpaired) electrons. The monoisotopic (exact) mass is 291 g/mol. The molecule has 0 amide bonds. The third-order valence-electron chi connectivity index (χ3n) is 3.52. The van der Waals surface area contributed by atoms with Gasteiger partial charge in [-0.2, -0.15) is 0 Å². The van der Waals surface area contributed by atoms with E-state index < -0.39 is 5.97 Å². The highest BCUT2D eigenvalue weighted by Crippen LogP contribution is 2.24. The van der Waals surface area contributed by atoms with Crippen LogP contribution in [0.5, 0.6) is 0 Å². The lowest BCUT2D eigenvalue weighted by atomic mass is 9.96. The number of carbonyl (C=O) groups is 2. The Morgan fingerprint density at radius 3 is 2.45 bits per heavy atom. The fourth-order valence-electron chi connectivity index (χ4n) is 2.45. The molecular formula is C18H13NO3. The summed E-state index contributed by atoms with van der Waals surface area (Å²) in [5, 5.41) is 10.1. The van der Waals surface area contributed by atoms with E-state index in [0.717, 1.165) is 5.56 Å². The molecule has 1 aromatic heterocycles. The van der Waals surface area contributed by atoms with Crippen LogP contribution in [-0.4, -0.2) is 21.8 Å². The predicted octanol–water partition coefficient (Wildman–Crippen LogP) is 3.47. The molecule has 0 spiro atoms. The molecule has 0 fully saturated rings. The number of hydrogen-bond acceptors (Lipinski definition) is 3.